The van der Waals surface area contributed by atoms with Gasteiger partial charge in [0.05, 0.1) is 22.4 Å². The second-order valence-electron chi connectivity index (χ2n) is 6.79. The summed E-state index contributed by atoms with van der Waals surface area (Å²) in [5.74, 6) is -1.16. The van der Waals surface area contributed by atoms with E-state index in [0.717, 1.165) is 4.90 Å². The standard InChI is InChI=1S/C19H18N4O4S/c1-12-10-11-20-19(21-12)22-28(26,27)14-8-6-13(7-9-14)23-17(24)15-4-2-3-5-16(15)18(23)25/h2-3,6-11,15-16H,4-5H2,1H3,(H,20,21,22)/t15-,16-/m0/s1. The van der Waals surface area contributed by atoms with Crippen molar-refractivity contribution < 1.29 is 18.0 Å². The second-order valence-corrected chi connectivity index (χ2v) is 8.47. The number of allylic oxidation sites excluding steroid dienone is 2. The van der Waals surface area contributed by atoms with E-state index in [9.17, 15) is 18.0 Å². The number of rotatable bonds is 4. The molecule has 1 aliphatic carbocycles. The van der Waals surface area contributed by atoms with Crippen LogP contribution in [0.2, 0.25) is 0 Å². The van der Waals surface area contributed by atoms with Gasteiger partial charge in [0, 0.05) is 11.9 Å². The highest BCUT2D eigenvalue weighted by Crippen LogP contribution is 2.37. The highest BCUT2D eigenvalue weighted by Gasteiger charge is 2.47. The van der Waals surface area contributed by atoms with Gasteiger partial charge in [-0.15, -0.1) is 0 Å². The maximum absolute atomic E-state index is 12.6. The Kier molecular flexibility index (Phi) is 4.46. The normalized spacial score (nSPS) is 21.7. The Labute approximate surface area is 162 Å². The number of anilines is 2. The Hall–Kier alpha value is -3.07. The molecule has 2 aromatic rings. The molecular weight excluding hydrogens is 380 g/mol. The van der Waals surface area contributed by atoms with Crippen molar-refractivity contribution in [3.63, 3.8) is 0 Å². The fourth-order valence-corrected chi connectivity index (χ4v) is 4.46. The lowest BCUT2D eigenvalue weighted by Crippen LogP contribution is -2.30. The smallest absolute Gasteiger partial charge is 0.264 e. The molecule has 0 spiro atoms. The maximum atomic E-state index is 12.6. The molecule has 1 fully saturated rings. The number of hydrogen-bond donors (Lipinski definition) is 1. The van der Waals surface area contributed by atoms with Gasteiger partial charge in [-0.25, -0.2) is 23.1 Å². The predicted octanol–water partition coefficient (Wildman–Crippen LogP) is 2.04. The van der Waals surface area contributed by atoms with E-state index in [1.165, 1.54) is 30.5 Å². The van der Waals surface area contributed by atoms with Crippen LogP contribution in [0.25, 0.3) is 0 Å². The van der Waals surface area contributed by atoms with Crippen LogP contribution in [0, 0.1) is 18.8 Å². The van der Waals surface area contributed by atoms with Crippen molar-refractivity contribution in [3.05, 3.63) is 54.4 Å². The number of benzene rings is 1. The molecule has 1 aliphatic heterocycles. The molecule has 4 rings (SSSR count). The number of amides is 2. The summed E-state index contributed by atoms with van der Waals surface area (Å²) in [5, 5.41) is 0. The van der Waals surface area contributed by atoms with E-state index in [0.29, 0.717) is 24.2 Å². The maximum Gasteiger partial charge on any atom is 0.264 e. The lowest BCUT2D eigenvalue weighted by molar-refractivity contribution is -0.122. The first-order valence-corrected chi connectivity index (χ1v) is 10.3. The van der Waals surface area contributed by atoms with Gasteiger partial charge in [0.1, 0.15) is 0 Å². The SMILES string of the molecule is Cc1ccnc(NS(=O)(=O)c2ccc(N3C(=O)[C@H]4CC=CC[C@@H]4C3=O)cc2)n1. The molecule has 2 amide bonds. The van der Waals surface area contributed by atoms with Crippen LogP contribution >= 0.6 is 0 Å². The molecule has 2 heterocycles. The fraction of sp³-hybridized carbons (Fsp3) is 0.263. The summed E-state index contributed by atoms with van der Waals surface area (Å²) >= 11 is 0. The minimum absolute atomic E-state index is 0.0143. The number of carbonyl (C=O) groups is 2. The second kappa shape index (κ2) is 6.83. The van der Waals surface area contributed by atoms with E-state index in [1.807, 2.05) is 12.2 Å². The zero-order chi connectivity index (χ0) is 19.9. The Morgan fingerprint density at radius 3 is 2.18 bits per heavy atom. The third-order valence-corrected chi connectivity index (χ3v) is 6.28. The molecule has 2 atom stereocenters. The van der Waals surface area contributed by atoms with Crippen LogP contribution in [0.15, 0.2) is 53.6 Å². The summed E-state index contributed by atoms with van der Waals surface area (Å²) in [5.41, 5.74) is 1.00. The van der Waals surface area contributed by atoms with Gasteiger partial charge in [-0.1, -0.05) is 12.2 Å². The minimum atomic E-state index is -3.89. The number of aromatic nitrogens is 2. The summed E-state index contributed by atoms with van der Waals surface area (Å²) in [6.07, 6.45) is 6.41. The van der Waals surface area contributed by atoms with E-state index in [2.05, 4.69) is 14.7 Å². The van der Waals surface area contributed by atoms with E-state index in [4.69, 9.17) is 0 Å². The van der Waals surface area contributed by atoms with Gasteiger partial charge in [0.15, 0.2) is 0 Å². The molecule has 2 aliphatic rings. The number of sulfonamides is 1. The Morgan fingerprint density at radius 1 is 1.00 bits per heavy atom. The minimum Gasteiger partial charge on any atom is -0.274 e. The van der Waals surface area contributed by atoms with Crippen molar-refractivity contribution in [3.8, 4) is 0 Å². The first-order valence-electron chi connectivity index (χ1n) is 8.82. The first kappa shape index (κ1) is 18.3. The van der Waals surface area contributed by atoms with Gasteiger partial charge >= 0.3 is 0 Å². The monoisotopic (exact) mass is 398 g/mol. The molecule has 1 aromatic heterocycles. The summed E-state index contributed by atoms with van der Waals surface area (Å²) in [7, 11) is -3.89. The van der Waals surface area contributed by atoms with Crippen molar-refractivity contribution in [2.45, 2.75) is 24.7 Å². The number of fused-ring (bicyclic) bond motifs is 1. The number of aryl methyl sites for hydroxylation is 1. The lowest BCUT2D eigenvalue weighted by atomic mass is 9.85. The number of hydrogen-bond acceptors (Lipinski definition) is 6. The van der Waals surface area contributed by atoms with Crippen molar-refractivity contribution in [2.75, 3.05) is 9.62 Å². The largest absolute Gasteiger partial charge is 0.274 e. The molecule has 0 radical (unpaired) electrons. The Morgan fingerprint density at radius 2 is 1.61 bits per heavy atom. The van der Waals surface area contributed by atoms with E-state index >= 15 is 0 Å². The van der Waals surface area contributed by atoms with Gasteiger partial charge in [-0.2, -0.15) is 0 Å². The highest BCUT2D eigenvalue weighted by atomic mass is 32.2. The zero-order valence-corrected chi connectivity index (χ0v) is 15.9. The summed E-state index contributed by atoms with van der Waals surface area (Å²) in [4.78, 5) is 34.3. The quantitative estimate of drug-likeness (QED) is 0.623. The molecule has 8 nitrogen and oxygen atoms in total. The summed E-state index contributed by atoms with van der Waals surface area (Å²) < 4.78 is 27.4. The first-order chi connectivity index (χ1) is 13.4. The van der Waals surface area contributed by atoms with Crippen LogP contribution in [-0.4, -0.2) is 30.2 Å². The molecule has 0 saturated carbocycles. The molecule has 28 heavy (non-hydrogen) atoms. The molecule has 1 aromatic carbocycles. The van der Waals surface area contributed by atoms with Crippen LogP contribution in [0.1, 0.15) is 18.5 Å². The third-order valence-electron chi connectivity index (χ3n) is 4.93. The third kappa shape index (κ3) is 3.18. The number of nitrogens with one attached hydrogen (secondary N) is 1. The average Bonchev–Trinajstić information content (AvgIpc) is 2.93. The molecule has 1 N–H and O–H groups in total. The highest BCUT2D eigenvalue weighted by molar-refractivity contribution is 7.92. The van der Waals surface area contributed by atoms with Gasteiger partial charge in [-0.3, -0.25) is 14.5 Å². The number of nitrogens with zero attached hydrogens (tertiary/aromatic N) is 3. The van der Waals surface area contributed by atoms with Crippen LogP contribution in [-0.2, 0) is 19.6 Å². The number of carbonyl (C=O) groups excluding carboxylic acids is 2. The van der Waals surface area contributed by atoms with E-state index in [-0.39, 0.29) is 34.5 Å². The lowest BCUT2D eigenvalue weighted by Gasteiger charge is -2.15. The van der Waals surface area contributed by atoms with Crippen LogP contribution < -0.4 is 9.62 Å². The van der Waals surface area contributed by atoms with Crippen molar-refractivity contribution in [1.29, 1.82) is 0 Å². The topological polar surface area (TPSA) is 109 Å². The summed E-state index contributed by atoms with van der Waals surface area (Å²) in [6, 6.07) is 7.30. The van der Waals surface area contributed by atoms with Gasteiger partial charge in [0.25, 0.3) is 10.0 Å². The van der Waals surface area contributed by atoms with Gasteiger partial charge in [-0.05, 0) is 50.1 Å². The van der Waals surface area contributed by atoms with Crippen molar-refractivity contribution in [2.24, 2.45) is 11.8 Å². The average molecular weight is 398 g/mol. The molecular formula is C19H18N4O4S. The van der Waals surface area contributed by atoms with E-state index in [1.54, 1.807) is 13.0 Å². The van der Waals surface area contributed by atoms with Gasteiger partial charge in [0.2, 0.25) is 17.8 Å². The predicted molar refractivity (Wildman–Crippen MR) is 102 cm³/mol. The van der Waals surface area contributed by atoms with Crippen molar-refractivity contribution >= 4 is 33.5 Å². The molecule has 144 valence electrons. The molecule has 0 bridgehead atoms. The molecule has 0 unspecified atom stereocenters. The molecule has 1 saturated heterocycles. The van der Waals surface area contributed by atoms with Crippen LogP contribution in [0.4, 0.5) is 11.6 Å². The van der Waals surface area contributed by atoms with Crippen molar-refractivity contribution in [1.82, 2.24) is 9.97 Å². The fourth-order valence-electron chi connectivity index (χ4n) is 3.51. The zero-order valence-electron chi connectivity index (χ0n) is 15.1. The Balaban J connectivity index is 1.57. The number of imide groups is 1. The van der Waals surface area contributed by atoms with Gasteiger partial charge < -0.3 is 0 Å². The van der Waals surface area contributed by atoms with Crippen LogP contribution in [0.5, 0.6) is 0 Å². The van der Waals surface area contributed by atoms with E-state index < -0.39 is 10.0 Å². The van der Waals surface area contributed by atoms with Crippen LogP contribution in [0.3, 0.4) is 0 Å². The Bertz CT molecular complexity index is 1050. The molecule has 9 heteroatoms. The summed E-state index contributed by atoms with van der Waals surface area (Å²) in [6.45, 7) is 1.73.